The van der Waals surface area contributed by atoms with Crippen LogP contribution < -0.4 is 14.8 Å². The highest BCUT2D eigenvalue weighted by molar-refractivity contribution is 5.91. The number of hydrogen-bond donors (Lipinski definition) is 1. The summed E-state index contributed by atoms with van der Waals surface area (Å²) in [6, 6.07) is 5.27. The Balaban J connectivity index is 1.43. The van der Waals surface area contributed by atoms with Crippen LogP contribution in [0.3, 0.4) is 0 Å². The van der Waals surface area contributed by atoms with Crippen molar-refractivity contribution in [1.82, 2.24) is 9.80 Å². The molecule has 0 spiro atoms. The van der Waals surface area contributed by atoms with Crippen LogP contribution in [0.4, 0.5) is 5.69 Å². The van der Waals surface area contributed by atoms with Crippen LogP contribution in [-0.2, 0) is 14.4 Å². The Morgan fingerprint density at radius 3 is 2.45 bits per heavy atom. The minimum absolute atomic E-state index is 0.0636. The normalized spacial score (nSPS) is 18.8. The maximum atomic E-state index is 12.6. The average Bonchev–Trinajstić information content (AvgIpc) is 3.20. The fourth-order valence-corrected chi connectivity index (χ4v) is 4.29. The molecule has 0 aliphatic carbocycles. The predicted molar refractivity (Wildman–Crippen MR) is 117 cm³/mol. The molecule has 1 atom stereocenters. The largest absolute Gasteiger partial charge is 0.497 e. The topological polar surface area (TPSA) is 88.2 Å². The summed E-state index contributed by atoms with van der Waals surface area (Å²) < 4.78 is 10.5. The van der Waals surface area contributed by atoms with Crippen LogP contribution in [0.5, 0.6) is 11.5 Å². The number of methoxy groups -OCH3 is 2. The molecule has 2 aliphatic heterocycles. The van der Waals surface area contributed by atoms with Crippen molar-refractivity contribution in [3.8, 4) is 11.5 Å². The van der Waals surface area contributed by atoms with Crippen molar-refractivity contribution in [2.45, 2.75) is 44.9 Å². The second-order valence-electron chi connectivity index (χ2n) is 8.27. The van der Waals surface area contributed by atoms with Crippen LogP contribution in [0.15, 0.2) is 18.2 Å². The van der Waals surface area contributed by atoms with Gasteiger partial charge >= 0.3 is 0 Å². The summed E-state index contributed by atoms with van der Waals surface area (Å²) in [5, 5.41) is 2.90. The van der Waals surface area contributed by atoms with Crippen LogP contribution in [0.2, 0.25) is 0 Å². The van der Waals surface area contributed by atoms with Gasteiger partial charge in [0.05, 0.1) is 14.2 Å². The summed E-state index contributed by atoms with van der Waals surface area (Å²) in [5.41, 5.74) is 0.637. The van der Waals surface area contributed by atoms with Crippen molar-refractivity contribution in [2.24, 2.45) is 5.92 Å². The second kappa shape index (κ2) is 11.0. The van der Waals surface area contributed by atoms with Gasteiger partial charge in [-0.2, -0.15) is 0 Å². The van der Waals surface area contributed by atoms with Gasteiger partial charge in [0.25, 0.3) is 0 Å². The first-order chi connectivity index (χ1) is 15.0. The number of nitrogens with zero attached hydrogens (tertiary/aromatic N) is 2. The van der Waals surface area contributed by atoms with Crippen molar-refractivity contribution in [3.05, 3.63) is 18.2 Å². The molecule has 1 N–H and O–H groups in total. The van der Waals surface area contributed by atoms with Crippen molar-refractivity contribution >= 4 is 23.4 Å². The number of piperidine rings is 1. The first-order valence-electron chi connectivity index (χ1n) is 11.1. The number of amides is 3. The Hall–Kier alpha value is -2.77. The standard InChI is InChI=1S/C23H33N3O5/c1-30-19-13-18(14-20(15-19)31-2)24-21(27)8-7-17-5-3-11-26(16-17)23(29)9-12-25-10-4-6-22(25)28/h13-15,17H,3-12,16H2,1-2H3,(H,24,27)/t17-/m0/s1. The van der Waals surface area contributed by atoms with Crippen molar-refractivity contribution < 1.29 is 23.9 Å². The fraction of sp³-hybridized carbons (Fsp3) is 0.609. The molecule has 31 heavy (non-hydrogen) atoms. The monoisotopic (exact) mass is 431 g/mol. The van der Waals surface area contributed by atoms with E-state index in [9.17, 15) is 14.4 Å². The molecule has 170 valence electrons. The molecule has 0 radical (unpaired) electrons. The number of rotatable bonds is 9. The van der Waals surface area contributed by atoms with E-state index in [4.69, 9.17) is 9.47 Å². The number of hydrogen-bond acceptors (Lipinski definition) is 5. The van der Waals surface area contributed by atoms with Gasteiger partial charge in [0.15, 0.2) is 0 Å². The Morgan fingerprint density at radius 1 is 1.06 bits per heavy atom. The molecule has 0 unspecified atom stereocenters. The SMILES string of the molecule is COc1cc(NC(=O)CC[C@@H]2CCCN(C(=O)CCN3CCCC3=O)C2)cc(OC)c1. The van der Waals surface area contributed by atoms with Gasteiger partial charge < -0.3 is 24.6 Å². The third-order valence-corrected chi connectivity index (χ3v) is 6.05. The zero-order valence-electron chi connectivity index (χ0n) is 18.5. The number of benzene rings is 1. The number of anilines is 1. The zero-order chi connectivity index (χ0) is 22.2. The number of likely N-dealkylation sites (tertiary alicyclic amines) is 2. The molecule has 1 aromatic carbocycles. The summed E-state index contributed by atoms with van der Waals surface area (Å²) >= 11 is 0. The van der Waals surface area contributed by atoms with Crippen LogP contribution in [-0.4, -0.2) is 67.9 Å². The summed E-state index contributed by atoms with van der Waals surface area (Å²) in [4.78, 5) is 40.4. The molecule has 8 nitrogen and oxygen atoms in total. The molecule has 3 amide bonds. The highest BCUT2D eigenvalue weighted by Crippen LogP contribution is 2.27. The maximum absolute atomic E-state index is 12.6. The van der Waals surface area contributed by atoms with E-state index >= 15 is 0 Å². The van der Waals surface area contributed by atoms with Gasteiger partial charge in [-0.25, -0.2) is 0 Å². The van der Waals surface area contributed by atoms with Gasteiger partial charge in [0, 0.05) is 69.3 Å². The molecule has 2 fully saturated rings. The van der Waals surface area contributed by atoms with E-state index in [0.29, 0.717) is 55.5 Å². The zero-order valence-corrected chi connectivity index (χ0v) is 18.5. The van der Waals surface area contributed by atoms with Crippen molar-refractivity contribution in [1.29, 1.82) is 0 Å². The Labute approximate surface area is 183 Å². The molecule has 3 rings (SSSR count). The lowest BCUT2D eigenvalue weighted by Gasteiger charge is -2.33. The maximum Gasteiger partial charge on any atom is 0.224 e. The lowest BCUT2D eigenvalue weighted by Crippen LogP contribution is -2.41. The molecular weight excluding hydrogens is 398 g/mol. The van der Waals surface area contributed by atoms with Gasteiger partial charge in [0.2, 0.25) is 17.7 Å². The first-order valence-corrected chi connectivity index (χ1v) is 11.1. The van der Waals surface area contributed by atoms with Gasteiger partial charge in [-0.3, -0.25) is 14.4 Å². The van der Waals surface area contributed by atoms with E-state index in [-0.39, 0.29) is 17.7 Å². The number of carbonyl (C=O) groups excluding carboxylic acids is 3. The number of nitrogens with one attached hydrogen (secondary N) is 1. The number of ether oxygens (including phenoxy) is 2. The quantitative estimate of drug-likeness (QED) is 0.649. The Morgan fingerprint density at radius 2 is 1.81 bits per heavy atom. The van der Waals surface area contributed by atoms with Crippen LogP contribution in [0, 0.1) is 5.92 Å². The van der Waals surface area contributed by atoms with E-state index in [1.165, 1.54) is 0 Å². The van der Waals surface area contributed by atoms with Gasteiger partial charge in [-0.15, -0.1) is 0 Å². The molecule has 1 aromatic rings. The van der Waals surface area contributed by atoms with Crippen molar-refractivity contribution in [2.75, 3.05) is 45.7 Å². The Kier molecular flexibility index (Phi) is 8.14. The molecule has 0 saturated carbocycles. The van der Waals surface area contributed by atoms with Gasteiger partial charge in [-0.05, 0) is 31.6 Å². The highest BCUT2D eigenvalue weighted by atomic mass is 16.5. The van der Waals surface area contributed by atoms with E-state index in [1.54, 1.807) is 37.3 Å². The summed E-state index contributed by atoms with van der Waals surface area (Å²) in [6.45, 7) is 2.74. The first kappa shape index (κ1) is 22.9. The van der Waals surface area contributed by atoms with E-state index in [0.717, 1.165) is 38.8 Å². The molecular formula is C23H33N3O5. The minimum atomic E-state index is -0.0636. The minimum Gasteiger partial charge on any atom is -0.497 e. The average molecular weight is 432 g/mol. The molecule has 2 aliphatic rings. The smallest absolute Gasteiger partial charge is 0.224 e. The fourth-order valence-electron chi connectivity index (χ4n) is 4.29. The van der Waals surface area contributed by atoms with E-state index in [2.05, 4.69) is 5.32 Å². The third kappa shape index (κ3) is 6.60. The third-order valence-electron chi connectivity index (χ3n) is 6.05. The Bertz CT molecular complexity index is 775. The predicted octanol–water partition coefficient (Wildman–Crippen LogP) is 2.67. The van der Waals surface area contributed by atoms with E-state index < -0.39 is 0 Å². The van der Waals surface area contributed by atoms with Crippen LogP contribution >= 0.6 is 0 Å². The lowest BCUT2D eigenvalue weighted by molar-refractivity contribution is -0.134. The van der Waals surface area contributed by atoms with Gasteiger partial charge in [0.1, 0.15) is 11.5 Å². The molecule has 0 aromatic heterocycles. The van der Waals surface area contributed by atoms with Crippen LogP contribution in [0.1, 0.15) is 44.9 Å². The second-order valence-corrected chi connectivity index (χ2v) is 8.27. The highest BCUT2D eigenvalue weighted by Gasteiger charge is 2.26. The lowest BCUT2D eigenvalue weighted by atomic mass is 9.93. The van der Waals surface area contributed by atoms with Crippen molar-refractivity contribution in [3.63, 3.8) is 0 Å². The van der Waals surface area contributed by atoms with E-state index in [1.807, 2.05) is 4.90 Å². The number of carbonyl (C=O) groups is 3. The summed E-state index contributed by atoms with van der Waals surface area (Å²) in [6.07, 6.45) is 4.99. The molecule has 2 heterocycles. The van der Waals surface area contributed by atoms with Gasteiger partial charge in [-0.1, -0.05) is 0 Å². The summed E-state index contributed by atoms with van der Waals surface area (Å²) in [5.74, 6) is 1.75. The van der Waals surface area contributed by atoms with Crippen LogP contribution in [0.25, 0.3) is 0 Å². The summed E-state index contributed by atoms with van der Waals surface area (Å²) in [7, 11) is 3.14. The molecule has 0 bridgehead atoms. The molecule has 8 heteroatoms. The molecule has 2 saturated heterocycles.